The van der Waals surface area contributed by atoms with E-state index in [0.29, 0.717) is 6.42 Å². The molecule has 2 heterocycles. The number of piperazine rings is 1. The number of rotatable bonds is 3. The van der Waals surface area contributed by atoms with Gasteiger partial charge in [-0.2, -0.15) is 5.26 Å². The summed E-state index contributed by atoms with van der Waals surface area (Å²) in [5.74, 6) is 0. The fourth-order valence-electron chi connectivity index (χ4n) is 2.77. The van der Waals surface area contributed by atoms with Gasteiger partial charge in [-0.25, -0.2) is 0 Å². The highest BCUT2D eigenvalue weighted by atomic mass is 35.5. The third-order valence-corrected chi connectivity index (χ3v) is 3.84. The molecule has 1 N–H and O–H groups in total. The number of aromatic nitrogens is 1. The van der Waals surface area contributed by atoms with Gasteiger partial charge in [0.1, 0.15) is 0 Å². The Morgan fingerprint density at radius 1 is 1.14 bits per heavy atom. The molecule has 22 heavy (non-hydrogen) atoms. The number of hydrogen-bond acceptors (Lipinski definition) is 4. The van der Waals surface area contributed by atoms with Crippen LogP contribution in [0.3, 0.4) is 0 Å². The largest absolute Gasteiger partial charge is 0.314 e. The fourth-order valence-corrected chi connectivity index (χ4v) is 2.77. The van der Waals surface area contributed by atoms with Crippen LogP contribution in [-0.4, -0.2) is 36.1 Å². The van der Waals surface area contributed by atoms with Gasteiger partial charge in [0.25, 0.3) is 0 Å². The maximum atomic E-state index is 9.12. The molecule has 0 unspecified atom stereocenters. The molecule has 1 fully saturated rings. The van der Waals surface area contributed by atoms with E-state index in [1.807, 2.05) is 18.2 Å². The highest BCUT2D eigenvalue weighted by molar-refractivity contribution is 5.85. The van der Waals surface area contributed by atoms with E-state index in [-0.39, 0.29) is 30.9 Å². The molecule has 0 radical (unpaired) electrons. The van der Waals surface area contributed by atoms with Gasteiger partial charge >= 0.3 is 0 Å². The van der Waals surface area contributed by atoms with E-state index < -0.39 is 0 Å². The second kappa shape index (κ2) is 8.92. The Balaban J connectivity index is 0.00000121. The molecule has 1 atom stereocenters. The first-order valence-electron chi connectivity index (χ1n) is 7.06. The van der Waals surface area contributed by atoms with Crippen molar-refractivity contribution in [2.75, 3.05) is 26.2 Å². The molecule has 0 saturated carbocycles. The number of hydrogen-bond donors (Lipinski definition) is 1. The minimum Gasteiger partial charge on any atom is -0.314 e. The number of nitrogens with zero attached hydrogens (tertiary/aromatic N) is 3. The Labute approximate surface area is 143 Å². The molecule has 0 spiro atoms. The lowest BCUT2D eigenvalue weighted by Gasteiger charge is -2.33. The van der Waals surface area contributed by atoms with Gasteiger partial charge < -0.3 is 5.32 Å². The van der Waals surface area contributed by atoms with Crippen molar-refractivity contribution < 1.29 is 0 Å². The van der Waals surface area contributed by atoms with Crippen molar-refractivity contribution in [2.24, 2.45) is 0 Å². The van der Waals surface area contributed by atoms with E-state index in [1.54, 1.807) is 0 Å². The third kappa shape index (κ3) is 4.08. The number of para-hydroxylation sites is 1. The van der Waals surface area contributed by atoms with Crippen LogP contribution in [0.25, 0.3) is 10.9 Å². The first-order chi connectivity index (χ1) is 9.88. The Hall–Kier alpha value is -1.38. The summed E-state index contributed by atoms with van der Waals surface area (Å²) in [6.07, 6.45) is 0.491. The van der Waals surface area contributed by atoms with Crippen molar-refractivity contribution in [3.05, 3.63) is 42.1 Å². The Morgan fingerprint density at radius 3 is 2.59 bits per heavy atom. The Morgan fingerprint density at radius 2 is 1.86 bits per heavy atom. The predicted octanol–water partition coefficient (Wildman–Crippen LogP) is 2.94. The lowest BCUT2D eigenvalue weighted by molar-refractivity contribution is 0.173. The Kier molecular flexibility index (Phi) is 7.57. The first kappa shape index (κ1) is 18.7. The summed E-state index contributed by atoms with van der Waals surface area (Å²) in [4.78, 5) is 7.11. The van der Waals surface area contributed by atoms with Gasteiger partial charge in [0.2, 0.25) is 0 Å². The van der Waals surface area contributed by atoms with Crippen LogP contribution in [0, 0.1) is 11.3 Å². The van der Waals surface area contributed by atoms with E-state index in [1.165, 1.54) is 0 Å². The molecule has 6 heteroatoms. The van der Waals surface area contributed by atoms with Crippen LogP contribution >= 0.6 is 24.8 Å². The summed E-state index contributed by atoms with van der Waals surface area (Å²) < 4.78 is 0. The van der Waals surface area contributed by atoms with E-state index in [9.17, 15) is 0 Å². The van der Waals surface area contributed by atoms with Crippen LogP contribution in [-0.2, 0) is 0 Å². The maximum absolute atomic E-state index is 9.12. The molecule has 1 aromatic carbocycles. The number of nitrogens with one attached hydrogen (secondary N) is 1. The zero-order chi connectivity index (χ0) is 13.8. The van der Waals surface area contributed by atoms with Gasteiger partial charge in [0.05, 0.1) is 29.7 Å². The molecule has 118 valence electrons. The van der Waals surface area contributed by atoms with Crippen molar-refractivity contribution in [1.29, 1.82) is 5.26 Å². The normalized spacial score (nSPS) is 16.1. The molecule has 3 rings (SSSR count). The monoisotopic (exact) mass is 338 g/mol. The van der Waals surface area contributed by atoms with Gasteiger partial charge in [0, 0.05) is 31.6 Å². The van der Waals surface area contributed by atoms with Crippen LogP contribution in [0.4, 0.5) is 0 Å². The van der Waals surface area contributed by atoms with Crippen molar-refractivity contribution in [3.63, 3.8) is 0 Å². The molecule has 1 aliphatic rings. The number of pyridine rings is 1. The minimum atomic E-state index is 0. The molecule has 1 aliphatic heterocycles. The molecule has 0 bridgehead atoms. The van der Waals surface area contributed by atoms with Gasteiger partial charge in [-0.15, -0.1) is 24.8 Å². The highest BCUT2D eigenvalue weighted by Gasteiger charge is 2.23. The van der Waals surface area contributed by atoms with Gasteiger partial charge in [0.15, 0.2) is 0 Å². The minimum absolute atomic E-state index is 0. The fraction of sp³-hybridized carbons (Fsp3) is 0.375. The topological polar surface area (TPSA) is 52.0 Å². The SMILES string of the molecule is Cl.Cl.N#CC[C@@H](c1ccc2ccccc2n1)N1CCNCC1. The van der Waals surface area contributed by atoms with Crippen LogP contribution < -0.4 is 5.32 Å². The van der Waals surface area contributed by atoms with Crippen molar-refractivity contribution >= 4 is 35.7 Å². The van der Waals surface area contributed by atoms with Crippen LogP contribution in [0.15, 0.2) is 36.4 Å². The predicted molar refractivity (Wildman–Crippen MR) is 93.7 cm³/mol. The van der Waals surface area contributed by atoms with Gasteiger partial charge in [-0.1, -0.05) is 24.3 Å². The third-order valence-electron chi connectivity index (χ3n) is 3.84. The molecule has 0 amide bonds. The molecule has 1 saturated heterocycles. The summed E-state index contributed by atoms with van der Waals surface area (Å²) >= 11 is 0. The number of halogens is 2. The summed E-state index contributed by atoms with van der Waals surface area (Å²) in [5.41, 5.74) is 2.01. The quantitative estimate of drug-likeness (QED) is 0.934. The second-order valence-electron chi connectivity index (χ2n) is 5.09. The summed E-state index contributed by atoms with van der Waals surface area (Å²) in [7, 11) is 0. The summed E-state index contributed by atoms with van der Waals surface area (Å²) in [5, 5.41) is 13.6. The van der Waals surface area contributed by atoms with Crippen molar-refractivity contribution in [3.8, 4) is 6.07 Å². The van der Waals surface area contributed by atoms with E-state index in [2.05, 4.69) is 34.5 Å². The molecule has 0 aliphatic carbocycles. The summed E-state index contributed by atoms with van der Waals surface area (Å²) in [6, 6.07) is 14.7. The average Bonchev–Trinajstić information content (AvgIpc) is 2.53. The molecular formula is C16H20Cl2N4. The zero-order valence-corrected chi connectivity index (χ0v) is 13.9. The van der Waals surface area contributed by atoms with Gasteiger partial charge in [-0.3, -0.25) is 9.88 Å². The number of nitriles is 1. The molecule has 2 aromatic rings. The molecule has 1 aromatic heterocycles. The van der Waals surface area contributed by atoms with Gasteiger partial charge in [-0.05, 0) is 12.1 Å². The smallest absolute Gasteiger partial charge is 0.0706 e. The zero-order valence-electron chi connectivity index (χ0n) is 12.2. The second-order valence-corrected chi connectivity index (χ2v) is 5.09. The van der Waals surface area contributed by atoms with E-state index in [0.717, 1.165) is 42.8 Å². The standard InChI is InChI=1S/C16H18N4.2ClH/c17-8-7-16(20-11-9-18-10-12-20)15-6-5-13-3-1-2-4-14(13)19-15;;/h1-6,16,18H,7,9-12H2;2*1H/t16-;;/m0../s1. The van der Waals surface area contributed by atoms with Crippen molar-refractivity contribution in [1.82, 2.24) is 15.2 Å². The average molecular weight is 339 g/mol. The first-order valence-corrected chi connectivity index (χ1v) is 7.06. The van der Waals surface area contributed by atoms with E-state index >= 15 is 0 Å². The van der Waals surface area contributed by atoms with E-state index in [4.69, 9.17) is 10.2 Å². The number of fused-ring (bicyclic) bond motifs is 1. The summed E-state index contributed by atoms with van der Waals surface area (Å²) in [6.45, 7) is 3.91. The maximum Gasteiger partial charge on any atom is 0.0706 e. The molecule has 4 nitrogen and oxygen atoms in total. The Bertz CT molecular complexity index is 635. The van der Waals surface area contributed by atoms with Crippen molar-refractivity contribution in [2.45, 2.75) is 12.5 Å². The van der Waals surface area contributed by atoms with Crippen LogP contribution in [0.5, 0.6) is 0 Å². The van der Waals surface area contributed by atoms with Crippen LogP contribution in [0.1, 0.15) is 18.2 Å². The lowest BCUT2D eigenvalue weighted by atomic mass is 10.1. The lowest BCUT2D eigenvalue weighted by Crippen LogP contribution is -2.45. The molecular weight excluding hydrogens is 319 g/mol. The van der Waals surface area contributed by atoms with Crippen LogP contribution in [0.2, 0.25) is 0 Å². The number of benzene rings is 1. The highest BCUT2D eigenvalue weighted by Crippen LogP contribution is 2.24.